The molecule has 1 aromatic carbocycles. The van der Waals surface area contributed by atoms with Gasteiger partial charge in [0.25, 0.3) is 17.7 Å². The van der Waals surface area contributed by atoms with Gasteiger partial charge in [0.05, 0.1) is 15.2 Å². The highest BCUT2D eigenvalue weighted by molar-refractivity contribution is 9.11. The molecule has 3 amide bonds. The molecule has 0 saturated carbocycles. The Morgan fingerprint density at radius 1 is 1.00 bits per heavy atom. The minimum Gasteiger partial charge on any atom is -0.343 e. The lowest BCUT2D eigenvalue weighted by Gasteiger charge is -2.08. The van der Waals surface area contributed by atoms with E-state index in [1.54, 1.807) is 12.1 Å². The zero-order valence-corrected chi connectivity index (χ0v) is 14.3. The molecule has 3 N–H and O–H groups in total. The van der Waals surface area contributed by atoms with Crippen LogP contribution in [0, 0.1) is 11.6 Å². The summed E-state index contributed by atoms with van der Waals surface area (Å²) < 4.78 is 26.8. The van der Waals surface area contributed by atoms with Crippen molar-refractivity contribution in [2.75, 3.05) is 6.54 Å². The van der Waals surface area contributed by atoms with E-state index in [0.717, 1.165) is 15.9 Å². The van der Waals surface area contributed by atoms with Crippen molar-refractivity contribution in [2.45, 2.75) is 0 Å². The van der Waals surface area contributed by atoms with Gasteiger partial charge >= 0.3 is 0 Å². The molecule has 0 aliphatic carbocycles. The van der Waals surface area contributed by atoms with Gasteiger partial charge in [0.15, 0.2) is 0 Å². The number of rotatable bonds is 4. The second-order valence-corrected chi connectivity index (χ2v) is 6.91. The molecule has 6 nitrogen and oxygen atoms in total. The molecular weight excluding hydrogens is 408 g/mol. The molecule has 0 aliphatic rings. The largest absolute Gasteiger partial charge is 0.343 e. The Labute approximate surface area is 147 Å². The van der Waals surface area contributed by atoms with Crippen LogP contribution in [0.5, 0.6) is 0 Å². The first-order valence-corrected chi connectivity index (χ1v) is 8.05. The summed E-state index contributed by atoms with van der Waals surface area (Å²) in [4.78, 5) is 35.3. The average molecular weight is 418 g/mol. The van der Waals surface area contributed by atoms with Crippen LogP contribution < -0.4 is 16.2 Å². The smallest absolute Gasteiger partial charge is 0.279 e. The molecule has 0 unspecified atom stereocenters. The second kappa shape index (κ2) is 7.97. The molecule has 0 bridgehead atoms. The normalized spacial score (nSPS) is 10.1. The average Bonchev–Trinajstić information content (AvgIpc) is 2.95. The fraction of sp³-hybridized carbons (Fsp3) is 0.0714. The third-order valence-corrected chi connectivity index (χ3v) is 4.27. The molecule has 1 heterocycles. The number of carbonyl (C=O) groups excluding carboxylic acids is 3. The molecule has 0 spiro atoms. The molecule has 2 rings (SSSR count). The lowest BCUT2D eigenvalue weighted by atomic mass is 10.2. The summed E-state index contributed by atoms with van der Waals surface area (Å²) >= 11 is 4.38. The van der Waals surface area contributed by atoms with Crippen molar-refractivity contribution < 1.29 is 23.2 Å². The van der Waals surface area contributed by atoms with Crippen LogP contribution in [0.15, 0.2) is 34.1 Å². The predicted octanol–water partition coefficient (Wildman–Crippen LogP) is 1.98. The minimum atomic E-state index is -0.904. The van der Waals surface area contributed by atoms with E-state index in [-0.39, 0.29) is 5.56 Å². The Morgan fingerprint density at radius 2 is 1.67 bits per heavy atom. The van der Waals surface area contributed by atoms with E-state index < -0.39 is 35.9 Å². The topological polar surface area (TPSA) is 87.3 Å². The van der Waals surface area contributed by atoms with Crippen molar-refractivity contribution in [3.8, 4) is 0 Å². The number of carbonyl (C=O) groups is 3. The Kier molecular flexibility index (Phi) is 5.99. The molecule has 126 valence electrons. The highest BCUT2D eigenvalue weighted by Gasteiger charge is 2.12. The Balaban J connectivity index is 1.80. The van der Waals surface area contributed by atoms with Crippen molar-refractivity contribution >= 4 is 45.0 Å². The third kappa shape index (κ3) is 5.10. The number of halogens is 3. The fourth-order valence-corrected chi connectivity index (χ4v) is 2.90. The van der Waals surface area contributed by atoms with Crippen molar-refractivity contribution in [1.82, 2.24) is 16.2 Å². The SMILES string of the molecule is O=C(CNC(=O)c1cc(F)cc(F)c1)NNC(=O)c1ccc(Br)s1. The third-order valence-electron chi connectivity index (χ3n) is 2.65. The van der Waals surface area contributed by atoms with E-state index in [2.05, 4.69) is 32.1 Å². The maximum atomic E-state index is 13.0. The van der Waals surface area contributed by atoms with Crippen molar-refractivity contribution in [2.24, 2.45) is 0 Å². The number of hydrazine groups is 1. The standard InChI is InChI=1S/C14H10BrF2N3O3S/c15-11-2-1-10(24-11)14(23)20-19-12(21)6-18-13(22)7-3-8(16)5-9(17)4-7/h1-5H,6H2,(H,18,22)(H,19,21)(H,20,23). The lowest BCUT2D eigenvalue weighted by molar-refractivity contribution is -0.120. The van der Waals surface area contributed by atoms with Crippen LogP contribution in [0.4, 0.5) is 8.78 Å². The molecule has 0 saturated heterocycles. The van der Waals surface area contributed by atoms with E-state index in [1.165, 1.54) is 11.3 Å². The van der Waals surface area contributed by atoms with Crippen LogP contribution >= 0.6 is 27.3 Å². The fourth-order valence-electron chi connectivity index (χ4n) is 1.62. The van der Waals surface area contributed by atoms with Crippen molar-refractivity contribution in [1.29, 1.82) is 0 Å². The van der Waals surface area contributed by atoms with E-state index in [9.17, 15) is 23.2 Å². The summed E-state index contributed by atoms with van der Waals surface area (Å²) in [6.45, 7) is -0.481. The molecule has 0 radical (unpaired) electrons. The van der Waals surface area contributed by atoms with Crippen LogP contribution in [0.1, 0.15) is 20.0 Å². The molecule has 10 heteroatoms. The van der Waals surface area contributed by atoms with Crippen LogP contribution in [-0.2, 0) is 4.79 Å². The number of amides is 3. The van der Waals surface area contributed by atoms with Crippen molar-refractivity contribution in [3.05, 3.63) is 56.2 Å². The highest BCUT2D eigenvalue weighted by Crippen LogP contribution is 2.21. The van der Waals surface area contributed by atoms with Gasteiger partial charge in [-0.05, 0) is 40.2 Å². The van der Waals surface area contributed by atoms with E-state index in [0.29, 0.717) is 10.9 Å². The quantitative estimate of drug-likeness (QED) is 0.664. The number of nitrogens with one attached hydrogen (secondary N) is 3. The van der Waals surface area contributed by atoms with E-state index >= 15 is 0 Å². The van der Waals surface area contributed by atoms with Gasteiger partial charge < -0.3 is 5.32 Å². The minimum absolute atomic E-state index is 0.257. The molecule has 1 aromatic heterocycles. The van der Waals surface area contributed by atoms with Crippen LogP contribution in [0.3, 0.4) is 0 Å². The molecule has 24 heavy (non-hydrogen) atoms. The maximum absolute atomic E-state index is 13.0. The Morgan fingerprint density at radius 3 is 2.25 bits per heavy atom. The lowest BCUT2D eigenvalue weighted by Crippen LogP contribution is -2.46. The van der Waals surface area contributed by atoms with Gasteiger partial charge in [-0.2, -0.15) is 0 Å². The van der Waals surface area contributed by atoms with Gasteiger partial charge in [0.2, 0.25) is 0 Å². The molecule has 0 aliphatic heterocycles. The zero-order valence-electron chi connectivity index (χ0n) is 11.9. The van der Waals surface area contributed by atoms with Crippen LogP contribution in [-0.4, -0.2) is 24.3 Å². The number of hydrogen-bond donors (Lipinski definition) is 3. The van der Waals surface area contributed by atoms with Gasteiger partial charge in [0.1, 0.15) is 11.6 Å². The molecule has 0 atom stereocenters. The highest BCUT2D eigenvalue weighted by atomic mass is 79.9. The first-order chi connectivity index (χ1) is 11.3. The first kappa shape index (κ1) is 18.0. The van der Waals surface area contributed by atoms with E-state index in [1.807, 2.05) is 0 Å². The van der Waals surface area contributed by atoms with E-state index in [4.69, 9.17) is 0 Å². The van der Waals surface area contributed by atoms with Gasteiger partial charge in [-0.25, -0.2) is 8.78 Å². The molecule has 0 fully saturated rings. The number of benzene rings is 1. The van der Waals surface area contributed by atoms with Crippen molar-refractivity contribution in [3.63, 3.8) is 0 Å². The number of hydrogen-bond acceptors (Lipinski definition) is 4. The maximum Gasteiger partial charge on any atom is 0.279 e. The van der Waals surface area contributed by atoms with Gasteiger partial charge in [-0.15, -0.1) is 11.3 Å². The summed E-state index contributed by atoms with van der Waals surface area (Å²) in [5.74, 6) is -3.85. The number of thiophene rings is 1. The van der Waals surface area contributed by atoms with Gasteiger partial charge in [-0.3, -0.25) is 25.2 Å². The Bertz CT molecular complexity index is 777. The van der Waals surface area contributed by atoms with Gasteiger partial charge in [-0.1, -0.05) is 0 Å². The van der Waals surface area contributed by atoms with Gasteiger partial charge in [0, 0.05) is 11.6 Å². The van der Waals surface area contributed by atoms with Crippen LogP contribution in [0.2, 0.25) is 0 Å². The summed E-state index contributed by atoms with van der Waals surface area (Å²) in [7, 11) is 0. The second-order valence-electron chi connectivity index (χ2n) is 4.45. The summed E-state index contributed by atoms with van der Waals surface area (Å²) in [6.07, 6.45) is 0. The summed E-state index contributed by atoms with van der Waals surface area (Å²) in [6, 6.07) is 5.55. The Hall–Kier alpha value is -2.33. The predicted molar refractivity (Wildman–Crippen MR) is 86.3 cm³/mol. The molecular formula is C14H10BrF2N3O3S. The zero-order chi connectivity index (χ0) is 17.7. The first-order valence-electron chi connectivity index (χ1n) is 6.44. The van der Waals surface area contributed by atoms with Crippen LogP contribution in [0.25, 0.3) is 0 Å². The summed E-state index contributed by atoms with van der Waals surface area (Å²) in [5, 5.41) is 2.18. The summed E-state index contributed by atoms with van der Waals surface area (Å²) in [5.41, 5.74) is 4.03. The monoisotopic (exact) mass is 417 g/mol. The molecule has 2 aromatic rings.